The summed E-state index contributed by atoms with van der Waals surface area (Å²) in [7, 11) is 0. The van der Waals surface area contributed by atoms with E-state index in [-0.39, 0.29) is 12.6 Å². The lowest BCUT2D eigenvalue weighted by atomic mass is 10.1. The summed E-state index contributed by atoms with van der Waals surface area (Å²) in [5.74, 6) is 0.904. The predicted octanol–water partition coefficient (Wildman–Crippen LogP) is 0.994. The van der Waals surface area contributed by atoms with E-state index in [2.05, 4.69) is 10.3 Å². The molecule has 0 aromatic heterocycles. The van der Waals surface area contributed by atoms with Crippen LogP contribution in [-0.4, -0.2) is 29.8 Å². The Morgan fingerprint density at radius 1 is 1.19 bits per heavy atom. The minimum Gasteiger partial charge on any atom is -0.396 e. The van der Waals surface area contributed by atoms with Gasteiger partial charge in [0.25, 0.3) is 0 Å². The van der Waals surface area contributed by atoms with Crippen LogP contribution in [0.25, 0.3) is 0 Å². The second-order valence-corrected chi connectivity index (χ2v) is 5.08. The Morgan fingerprint density at radius 3 is 2.62 bits per heavy atom. The third kappa shape index (κ3) is 2.88. The Labute approximate surface area is 97.3 Å². The van der Waals surface area contributed by atoms with Crippen molar-refractivity contribution in [3.63, 3.8) is 0 Å². The quantitative estimate of drug-likeness (QED) is 0.495. The van der Waals surface area contributed by atoms with Crippen LogP contribution in [0.3, 0.4) is 0 Å². The van der Waals surface area contributed by atoms with E-state index in [1.807, 2.05) is 0 Å². The van der Waals surface area contributed by atoms with Crippen LogP contribution in [0.5, 0.6) is 0 Å². The smallest absolute Gasteiger partial charge is 0.189 e. The molecule has 2 saturated carbocycles. The maximum Gasteiger partial charge on any atom is 0.189 e. The van der Waals surface area contributed by atoms with Crippen LogP contribution in [-0.2, 0) is 0 Å². The van der Waals surface area contributed by atoms with Gasteiger partial charge in [-0.2, -0.15) is 0 Å². The van der Waals surface area contributed by atoms with E-state index in [1.165, 1.54) is 25.7 Å². The summed E-state index contributed by atoms with van der Waals surface area (Å²) in [5, 5.41) is 12.5. The number of guanidine groups is 1. The van der Waals surface area contributed by atoms with E-state index >= 15 is 0 Å². The summed E-state index contributed by atoms with van der Waals surface area (Å²) >= 11 is 0. The molecule has 0 amide bonds. The number of hydrogen-bond donors (Lipinski definition) is 3. The topological polar surface area (TPSA) is 70.6 Å². The largest absolute Gasteiger partial charge is 0.396 e. The molecule has 2 fully saturated rings. The zero-order valence-corrected chi connectivity index (χ0v) is 9.86. The minimum atomic E-state index is 0.235. The molecule has 0 aliphatic heterocycles. The molecule has 2 unspecified atom stereocenters. The van der Waals surface area contributed by atoms with Crippen LogP contribution in [0.1, 0.15) is 44.9 Å². The van der Waals surface area contributed by atoms with Gasteiger partial charge < -0.3 is 16.2 Å². The first-order valence-corrected chi connectivity index (χ1v) is 6.50. The van der Waals surface area contributed by atoms with Crippen molar-refractivity contribution >= 4 is 5.96 Å². The summed E-state index contributed by atoms with van der Waals surface area (Å²) < 4.78 is 0. The third-order valence-corrected chi connectivity index (χ3v) is 3.87. The third-order valence-electron chi connectivity index (χ3n) is 3.87. The second-order valence-electron chi connectivity index (χ2n) is 5.08. The number of aliphatic hydroxyl groups is 1. The Hall–Kier alpha value is -0.770. The van der Waals surface area contributed by atoms with Gasteiger partial charge in [-0.25, -0.2) is 4.99 Å². The molecular weight excluding hydrogens is 202 g/mol. The second kappa shape index (κ2) is 5.53. The van der Waals surface area contributed by atoms with Gasteiger partial charge in [0.15, 0.2) is 5.96 Å². The molecule has 2 rings (SSSR count). The highest BCUT2D eigenvalue weighted by Gasteiger charge is 2.26. The van der Waals surface area contributed by atoms with E-state index in [0.717, 1.165) is 19.3 Å². The maximum absolute atomic E-state index is 9.20. The molecule has 92 valence electrons. The molecule has 4 heteroatoms. The molecule has 0 radical (unpaired) electrons. The molecule has 16 heavy (non-hydrogen) atoms. The van der Waals surface area contributed by atoms with Crippen molar-refractivity contribution in [1.29, 1.82) is 0 Å². The molecule has 0 aromatic rings. The molecule has 2 aliphatic carbocycles. The van der Waals surface area contributed by atoms with E-state index in [9.17, 15) is 5.11 Å². The first-order chi connectivity index (χ1) is 7.79. The summed E-state index contributed by atoms with van der Waals surface area (Å²) in [4.78, 5) is 4.52. The van der Waals surface area contributed by atoms with Crippen LogP contribution < -0.4 is 11.1 Å². The lowest BCUT2D eigenvalue weighted by Crippen LogP contribution is -2.39. The molecule has 4 nitrogen and oxygen atoms in total. The van der Waals surface area contributed by atoms with E-state index in [0.29, 0.717) is 17.9 Å². The lowest BCUT2D eigenvalue weighted by Gasteiger charge is -2.17. The average Bonchev–Trinajstić information content (AvgIpc) is 2.88. The summed E-state index contributed by atoms with van der Waals surface area (Å²) in [5.41, 5.74) is 5.91. The minimum absolute atomic E-state index is 0.235. The van der Waals surface area contributed by atoms with Crippen molar-refractivity contribution in [2.24, 2.45) is 16.6 Å². The van der Waals surface area contributed by atoms with Crippen molar-refractivity contribution in [2.45, 2.75) is 57.0 Å². The van der Waals surface area contributed by atoms with E-state index in [1.54, 1.807) is 0 Å². The summed E-state index contributed by atoms with van der Waals surface area (Å²) in [6.07, 6.45) is 8.34. The van der Waals surface area contributed by atoms with Gasteiger partial charge in [-0.1, -0.05) is 19.3 Å². The van der Waals surface area contributed by atoms with Gasteiger partial charge in [-0.3, -0.25) is 0 Å². The van der Waals surface area contributed by atoms with Crippen LogP contribution in [0, 0.1) is 5.92 Å². The number of rotatable bonds is 3. The first-order valence-electron chi connectivity index (χ1n) is 6.50. The zero-order valence-electron chi connectivity index (χ0n) is 9.86. The fraction of sp³-hybridized carbons (Fsp3) is 0.917. The van der Waals surface area contributed by atoms with E-state index in [4.69, 9.17) is 5.73 Å². The van der Waals surface area contributed by atoms with Crippen LogP contribution in [0.4, 0.5) is 0 Å². The maximum atomic E-state index is 9.20. The van der Waals surface area contributed by atoms with E-state index < -0.39 is 0 Å². The van der Waals surface area contributed by atoms with Gasteiger partial charge in [0.1, 0.15) is 0 Å². The molecule has 0 saturated heterocycles. The van der Waals surface area contributed by atoms with Gasteiger partial charge >= 0.3 is 0 Å². The Bertz CT molecular complexity index is 249. The first kappa shape index (κ1) is 11.7. The lowest BCUT2D eigenvalue weighted by molar-refractivity contribution is 0.218. The normalized spacial score (nSPS) is 32.2. The molecule has 0 spiro atoms. The number of aliphatic imine (C=N–C) groups is 1. The predicted molar refractivity (Wildman–Crippen MR) is 65.2 cm³/mol. The fourth-order valence-electron chi connectivity index (χ4n) is 2.90. The monoisotopic (exact) mass is 225 g/mol. The standard InChI is InChI=1S/C12H23N3O/c13-12(14-10-5-1-2-6-10)15-11-7-3-4-9(11)8-16/h9-11,16H,1-8H2,(H3,13,14,15). The molecule has 4 N–H and O–H groups in total. The molecule has 2 aliphatic rings. The van der Waals surface area contributed by atoms with Crippen LogP contribution in [0.15, 0.2) is 4.99 Å². The van der Waals surface area contributed by atoms with Crippen molar-refractivity contribution in [1.82, 2.24) is 5.32 Å². The Balaban J connectivity index is 1.84. The fourth-order valence-corrected chi connectivity index (χ4v) is 2.90. The molecule has 0 heterocycles. The number of nitrogens with zero attached hydrogens (tertiary/aromatic N) is 1. The van der Waals surface area contributed by atoms with Crippen LogP contribution >= 0.6 is 0 Å². The van der Waals surface area contributed by atoms with Gasteiger partial charge in [0, 0.05) is 18.6 Å². The number of hydrogen-bond acceptors (Lipinski definition) is 2. The Kier molecular flexibility index (Phi) is 4.04. The highest BCUT2D eigenvalue weighted by molar-refractivity contribution is 5.78. The number of nitrogens with one attached hydrogen (secondary N) is 1. The van der Waals surface area contributed by atoms with Gasteiger partial charge in [-0.05, 0) is 25.7 Å². The molecule has 2 atom stereocenters. The highest BCUT2D eigenvalue weighted by atomic mass is 16.3. The number of nitrogens with two attached hydrogens (primary N) is 1. The van der Waals surface area contributed by atoms with Gasteiger partial charge in [0.2, 0.25) is 0 Å². The van der Waals surface area contributed by atoms with Crippen molar-refractivity contribution < 1.29 is 5.11 Å². The zero-order chi connectivity index (χ0) is 11.4. The van der Waals surface area contributed by atoms with Crippen LogP contribution in [0.2, 0.25) is 0 Å². The Morgan fingerprint density at radius 2 is 1.94 bits per heavy atom. The molecule has 0 aromatic carbocycles. The molecule has 0 bridgehead atoms. The van der Waals surface area contributed by atoms with Crippen molar-refractivity contribution in [2.75, 3.05) is 6.61 Å². The summed E-state index contributed by atoms with van der Waals surface area (Å²) in [6.45, 7) is 0.241. The average molecular weight is 225 g/mol. The van der Waals surface area contributed by atoms with Gasteiger partial charge in [0.05, 0.1) is 6.04 Å². The summed E-state index contributed by atoms with van der Waals surface area (Å²) in [6, 6.07) is 0.761. The number of aliphatic hydroxyl groups excluding tert-OH is 1. The van der Waals surface area contributed by atoms with Crippen molar-refractivity contribution in [3.8, 4) is 0 Å². The highest BCUT2D eigenvalue weighted by Crippen LogP contribution is 2.27. The van der Waals surface area contributed by atoms with Crippen molar-refractivity contribution in [3.05, 3.63) is 0 Å². The molecular formula is C12H23N3O. The SMILES string of the molecule is NC(=NC1CCCC1CO)NC1CCCC1. The van der Waals surface area contributed by atoms with Gasteiger partial charge in [-0.15, -0.1) is 0 Å².